The zero-order valence-electron chi connectivity index (χ0n) is 13.5. The van der Waals surface area contributed by atoms with Crippen LogP contribution in [0.1, 0.15) is 17.3 Å². The number of ether oxygens (including phenoxy) is 2. The largest absolute Gasteiger partial charge is 0.497 e. The van der Waals surface area contributed by atoms with Crippen LogP contribution in [-0.4, -0.2) is 45.5 Å². The van der Waals surface area contributed by atoms with E-state index in [0.717, 1.165) is 11.3 Å². The van der Waals surface area contributed by atoms with E-state index >= 15 is 0 Å². The normalized spacial score (nSPS) is 10.8. The number of aromatic nitrogens is 4. The smallest absolute Gasteiger partial charge is 0.341 e. The Morgan fingerprint density at radius 3 is 2.67 bits per heavy atom. The first-order valence-corrected chi connectivity index (χ1v) is 8.51. The quantitative estimate of drug-likeness (QED) is 0.520. The molecule has 0 N–H and O–H groups in total. The summed E-state index contributed by atoms with van der Waals surface area (Å²) in [5.41, 5.74) is 1.73. The molecule has 0 aliphatic rings. The van der Waals surface area contributed by atoms with Gasteiger partial charge in [0.1, 0.15) is 11.3 Å². The Hall–Kier alpha value is -2.61. The molecule has 2 heterocycles. The number of thioether (sulfide) groups is 1. The second-order valence-corrected chi connectivity index (χ2v) is 5.55. The van der Waals surface area contributed by atoms with Gasteiger partial charge >= 0.3 is 5.97 Å². The minimum atomic E-state index is -0.445. The van der Waals surface area contributed by atoms with E-state index in [1.54, 1.807) is 18.5 Å². The van der Waals surface area contributed by atoms with Crippen LogP contribution in [-0.2, 0) is 4.74 Å². The molecule has 24 heavy (non-hydrogen) atoms. The van der Waals surface area contributed by atoms with Crippen molar-refractivity contribution in [1.29, 1.82) is 0 Å². The van der Waals surface area contributed by atoms with Crippen molar-refractivity contribution in [2.24, 2.45) is 0 Å². The Bertz CT molecular complexity index is 877. The third-order valence-corrected chi connectivity index (χ3v) is 3.93. The number of fused-ring (bicyclic) bond motifs is 1. The van der Waals surface area contributed by atoms with Gasteiger partial charge in [-0.15, -0.1) is 5.10 Å². The topological polar surface area (TPSA) is 78.6 Å². The van der Waals surface area contributed by atoms with Gasteiger partial charge in [-0.1, -0.05) is 11.8 Å². The zero-order valence-corrected chi connectivity index (χ0v) is 14.3. The zero-order chi connectivity index (χ0) is 17.1. The van der Waals surface area contributed by atoms with Gasteiger partial charge in [0.05, 0.1) is 19.4 Å². The van der Waals surface area contributed by atoms with Crippen LogP contribution < -0.4 is 4.74 Å². The summed E-state index contributed by atoms with van der Waals surface area (Å²) in [6, 6.07) is 7.36. The van der Waals surface area contributed by atoms with Gasteiger partial charge in [-0.3, -0.25) is 0 Å². The molecule has 2 aromatic heterocycles. The molecule has 0 amide bonds. The summed E-state index contributed by atoms with van der Waals surface area (Å²) in [7, 11) is 1.60. The van der Waals surface area contributed by atoms with Crippen LogP contribution in [0.15, 0.2) is 35.6 Å². The highest BCUT2D eigenvalue weighted by atomic mass is 32.2. The van der Waals surface area contributed by atoms with Crippen LogP contribution in [0.25, 0.3) is 17.0 Å². The van der Waals surface area contributed by atoms with Gasteiger partial charge in [0.15, 0.2) is 0 Å². The molecule has 7 nitrogen and oxygen atoms in total. The van der Waals surface area contributed by atoms with E-state index in [2.05, 4.69) is 15.1 Å². The Morgan fingerprint density at radius 1 is 1.29 bits per heavy atom. The molecule has 0 aliphatic carbocycles. The number of benzene rings is 1. The van der Waals surface area contributed by atoms with Crippen molar-refractivity contribution in [2.75, 3.05) is 20.0 Å². The first-order chi connectivity index (χ1) is 11.7. The molecular weight excluding hydrogens is 328 g/mol. The Kier molecular flexibility index (Phi) is 4.66. The monoisotopic (exact) mass is 344 g/mol. The van der Waals surface area contributed by atoms with Crippen LogP contribution in [0.5, 0.6) is 5.75 Å². The summed E-state index contributed by atoms with van der Waals surface area (Å²) in [5, 5.41) is 5.00. The summed E-state index contributed by atoms with van der Waals surface area (Å²) < 4.78 is 11.9. The lowest BCUT2D eigenvalue weighted by atomic mass is 10.1. The molecule has 1 aromatic carbocycles. The number of hydrogen-bond donors (Lipinski definition) is 0. The van der Waals surface area contributed by atoms with Crippen molar-refractivity contribution in [2.45, 2.75) is 12.1 Å². The van der Waals surface area contributed by atoms with E-state index in [1.165, 1.54) is 18.0 Å². The predicted octanol–water partition coefficient (Wildman–Crippen LogP) is 2.70. The number of carbonyl (C=O) groups excluding carboxylic acids is 1. The minimum Gasteiger partial charge on any atom is -0.497 e. The van der Waals surface area contributed by atoms with Crippen molar-refractivity contribution in [3.8, 4) is 17.0 Å². The molecular formula is C16H16N4O3S. The molecule has 0 saturated carbocycles. The number of hydrogen-bond acceptors (Lipinski definition) is 7. The molecule has 0 fully saturated rings. The van der Waals surface area contributed by atoms with Gasteiger partial charge in [0.2, 0.25) is 5.16 Å². The molecule has 0 spiro atoms. The minimum absolute atomic E-state index is 0.284. The van der Waals surface area contributed by atoms with Gasteiger partial charge < -0.3 is 9.47 Å². The maximum absolute atomic E-state index is 12.3. The van der Waals surface area contributed by atoms with E-state index in [-0.39, 0.29) is 6.61 Å². The van der Waals surface area contributed by atoms with E-state index in [0.29, 0.717) is 22.2 Å². The van der Waals surface area contributed by atoms with Gasteiger partial charge in [0.25, 0.3) is 5.78 Å². The highest BCUT2D eigenvalue weighted by Crippen LogP contribution is 2.27. The second-order valence-electron chi connectivity index (χ2n) is 4.78. The lowest BCUT2D eigenvalue weighted by Gasteiger charge is -2.10. The third kappa shape index (κ3) is 2.92. The van der Waals surface area contributed by atoms with Crippen LogP contribution in [0.3, 0.4) is 0 Å². The number of methoxy groups -OCH3 is 1. The fraction of sp³-hybridized carbons (Fsp3) is 0.250. The predicted molar refractivity (Wildman–Crippen MR) is 90.5 cm³/mol. The van der Waals surface area contributed by atoms with Crippen molar-refractivity contribution in [3.05, 3.63) is 36.0 Å². The lowest BCUT2D eigenvalue weighted by Crippen LogP contribution is -2.11. The SMILES string of the molecule is CCOC(=O)c1cnc2nc(SC)nn2c1-c1ccc(OC)cc1. The molecule has 0 atom stereocenters. The molecule has 0 unspecified atom stereocenters. The molecule has 0 aliphatic heterocycles. The lowest BCUT2D eigenvalue weighted by molar-refractivity contribution is 0.0526. The standard InChI is InChI=1S/C16H16N4O3S/c1-4-23-14(21)12-9-17-15-18-16(24-3)19-20(15)13(12)10-5-7-11(22-2)8-6-10/h5-9H,4H2,1-3H3. The number of carbonyl (C=O) groups is 1. The maximum Gasteiger partial charge on any atom is 0.341 e. The van der Waals surface area contributed by atoms with Gasteiger partial charge in [0, 0.05) is 11.8 Å². The molecule has 124 valence electrons. The van der Waals surface area contributed by atoms with Crippen LogP contribution >= 0.6 is 11.8 Å². The van der Waals surface area contributed by atoms with Crippen molar-refractivity contribution in [3.63, 3.8) is 0 Å². The van der Waals surface area contributed by atoms with Gasteiger partial charge in [-0.25, -0.2) is 9.78 Å². The molecule has 0 radical (unpaired) electrons. The van der Waals surface area contributed by atoms with Crippen LogP contribution in [0, 0.1) is 0 Å². The Labute approximate surface area is 143 Å². The fourth-order valence-electron chi connectivity index (χ4n) is 2.29. The summed E-state index contributed by atoms with van der Waals surface area (Å²) in [4.78, 5) is 20.9. The molecule has 8 heteroatoms. The van der Waals surface area contributed by atoms with E-state index in [9.17, 15) is 4.79 Å². The number of nitrogens with zero attached hydrogens (tertiary/aromatic N) is 4. The summed E-state index contributed by atoms with van der Waals surface area (Å²) in [6.07, 6.45) is 3.36. The highest BCUT2D eigenvalue weighted by Gasteiger charge is 2.20. The maximum atomic E-state index is 12.3. The van der Waals surface area contributed by atoms with Crippen molar-refractivity contribution < 1.29 is 14.3 Å². The van der Waals surface area contributed by atoms with Gasteiger partial charge in [-0.05, 0) is 37.4 Å². The fourth-order valence-corrected chi connectivity index (χ4v) is 2.62. The summed E-state index contributed by atoms with van der Waals surface area (Å²) >= 11 is 1.41. The Balaban J connectivity index is 2.24. The van der Waals surface area contributed by atoms with E-state index in [1.807, 2.05) is 30.5 Å². The summed E-state index contributed by atoms with van der Waals surface area (Å²) in [5.74, 6) is 0.710. The molecule has 0 saturated heterocycles. The van der Waals surface area contributed by atoms with Crippen LogP contribution in [0.4, 0.5) is 0 Å². The molecule has 0 bridgehead atoms. The first-order valence-electron chi connectivity index (χ1n) is 7.29. The average molecular weight is 344 g/mol. The number of esters is 1. The highest BCUT2D eigenvalue weighted by molar-refractivity contribution is 7.98. The first kappa shape index (κ1) is 16.3. The Morgan fingerprint density at radius 2 is 2.04 bits per heavy atom. The van der Waals surface area contributed by atoms with E-state index < -0.39 is 5.97 Å². The second kappa shape index (κ2) is 6.88. The van der Waals surface area contributed by atoms with Crippen molar-refractivity contribution in [1.82, 2.24) is 19.6 Å². The van der Waals surface area contributed by atoms with Crippen LogP contribution in [0.2, 0.25) is 0 Å². The van der Waals surface area contributed by atoms with E-state index in [4.69, 9.17) is 9.47 Å². The molecule has 3 aromatic rings. The third-order valence-electron chi connectivity index (χ3n) is 3.39. The van der Waals surface area contributed by atoms with Crippen molar-refractivity contribution >= 4 is 23.5 Å². The number of rotatable bonds is 5. The molecule has 3 rings (SSSR count). The van der Waals surface area contributed by atoms with Gasteiger partial charge in [-0.2, -0.15) is 9.50 Å². The average Bonchev–Trinajstić information content (AvgIpc) is 3.04. The summed E-state index contributed by atoms with van der Waals surface area (Å²) in [6.45, 7) is 2.05.